The SMILES string of the molecule is [2H]C1([2H])OC([2H])([2H])C([2H])([2H])N(c2nsnc2OC[C@]([2H])(O)CNC(C)(C)C)C1([2H])[2H]. The average Bonchev–Trinajstić information content (AvgIpc) is 2.96. The molecule has 1 fully saturated rings. The van der Waals surface area contributed by atoms with E-state index in [4.69, 9.17) is 17.1 Å². The molecule has 0 spiro atoms. The molecule has 7 nitrogen and oxygen atoms in total. The van der Waals surface area contributed by atoms with E-state index < -0.39 is 50.5 Å². The van der Waals surface area contributed by atoms with Crippen LogP contribution in [0.25, 0.3) is 0 Å². The molecule has 0 unspecified atom stereocenters. The number of nitrogens with one attached hydrogen (secondary N) is 1. The Kier molecular flexibility index (Phi) is 2.82. The first-order valence-electron chi connectivity index (χ1n) is 10.7. The lowest BCUT2D eigenvalue weighted by atomic mass is 10.1. The van der Waals surface area contributed by atoms with Crippen molar-refractivity contribution in [3.63, 3.8) is 0 Å². The zero-order chi connectivity index (χ0) is 23.4. The molecular weight excluding hydrogens is 292 g/mol. The third-order valence-electron chi connectivity index (χ3n) is 2.27. The van der Waals surface area contributed by atoms with Crippen molar-refractivity contribution in [3.8, 4) is 5.88 Å². The van der Waals surface area contributed by atoms with Crippen LogP contribution in [-0.4, -0.2) is 64.7 Å². The van der Waals surface area contributed by atoms with Crippen LogP contribution in [0.5, 0.6) is 5.88 Å². The van der Waals surface area contributed by atoms with Gasteiger partial charge in [0, 0.05) is 25.1 Å². The van der Waals surface area contributed by atoms with Gasteiger partial charge in [0.25, 0.3) is 5.88 Å². The first kappa shape index (κ1) is 8.05. The second-order valence-electron chi connectivity index (χ2n) is 5.22. The van der Waals surface area contributed by atoms with E-state index in [1.165, 1.54) is 0 Å². The standard InChI is InChI=1S/C13H24N4O3S/c1-13(2,3)14-8-10(18)9-20-12-11(15-21-16-12)17-4-6-19-7-5-17/h10,14,18H,4-9H2,1-3H3/t10-/m1/s1/i4D2,5D2,6D2,7D2,10D. The zero-order valence-corrected chi connectivity index (χ0v) is 12.7. The molecule has 0 aliphatic carbocycles. The Morgan fingerprint density at radius 1 is 1.52 bits per heavy atom. The number of anilines is 1. The minimum absolute atomic E-state index is 0.138. The largest absolute Gasteiger partial charge is 0.472 e. The summed E-state index contributed by atoms with van der Waals surface area (Å²) in [4.78, 5) is 0.138. The van der Waals surface area contributed by atoms with E-state index in [1.807, 2.05) is 20.8 Å². The van der Waals surface area contributed by atoms with Crippen molar-refractivity contribution < 1.29 is 26.9 Å². The van der Waals surface area contributed by atoms with Crippen LogP contribution in [-0.2, 0) is 4.74 Å². The second-order valence-corrected chi connectivity index (χ2v) is 5.75. The average molecular weight is 325 g/mol. The smallest absolute Gasteiger partial charge is 0.270 e. The van der Waals surface area contributed by atoms with E-state index in [-0.39, 0.29) is 17.0 Å². The van der Waals surface area contributed by atoms with Crippen LogP contribution >= 0.6 is 11.7 Å². The van der Waals surface area contributed by atoms with Gasteiger partial charge < -0.3 is 24.8 Å². The molecule has 2 N–H and O–H groups in total. The molecule has 0 saturated carbocycles. The quantitative estimate of drug-likeness (QED) is 0.788. The molecule has 1 aliphatic rings. The van der Waals surface area contributed by atoms with Crippen LogP contribution in [0.2, 0.25) is 0 Å². The van der Waals surface area contributed by atoms with Crippen LogP contribution in [0.3, 0.4) is 0 Å². The second kappa shape index (κ2) is 7.35. The van der Waals surface area contributed by atoms with Crippen molar-refractivity contribution in [2.75, 3.05) is 44.2 Å². The molecular formula is C13H24N4O3S. The Labute approximate surface area is 142 Å². The molecule has 1 atom stereocenters. The fourth-order valence-electron chi connectivity index (χ4n) is 1.27. The molecule has 0 amide bonds. The van der Waals surface area contributed by atoms with Crippen molar-refractivity contribution in [2.45, 2.75) is 32.4 Å². The van der Waals surface area contributed by atoms with Crippen molar-refractivity contribution in [3.05, 3.63) is 0 Å². The van der Waals surface area contributed by atoms with Crippen molar-refractivity contribution in [2.24, 2.45) is 0 Å². The molecule has 2 rings (SSSR count). The maximum absolute atomic E-state index is 10.2. The van der Waals surface area contributed by atoms with Gasteiger partial charge in [0.05, 0.1) is 37.2 Å². The van der Waals surface area contributed by atoms with Gasteiger partial charge in [0.2, 0.25) is 5.82 Å². The molecule has 1 aromatic rings. The highest BCUT2D eigenvalue weighted by molar-refractivity contribution is 6.99. The lowest BCUT2D eigenvalue weighted by Crippen LogP contribution is -2.42. The molecule has 2 heterocycles. The van der Waals surface area contributed by atoms with Gasteiger partial charge in [-0.3, -0.25) is 0 Å². The summed E-state index contributed by atoms with van der Waals surface area (Å²) < 4.78 is 88.3. The summed E-state index contributed by atoms with van der Waals surface area (Å²) in [5, 5.41) is 13.1. The first-order chi connectivity index (χ1) is 13.2. The van der Waals surface area contributed by atoms with Gasteiger partial charge in [-0.1, -0.05) is 0 Å². The Hall–Kier alpha value is -0.960. The maximum atomic E-state index is 10.2. The highest BCUT2D eigenvalue weighted by Gasteiger charge is 2.21. The van der Waals surface area contributed by atoms with Crippen LogP contribution < -0.4 is 15.0 Å². The molecule has 0 bridgehead atoms. The molecule has 8 heteroatoms. The summed E-state index contributed by atoms with van der Waals surface area (Å²) in [5.41, 5.74) is -0.389. The summed E-state index contributed by atoms with van der Waals surface area (Å²) in [6.45, 7) is -8.27. The minimum Gasteiger partial charge on any atom is -0.472 e. The molecule has 1 saturated heterocycles. The fraction of sp³-hybridized carbons (Fsp3) is 0.846. The van der Waals surface area contributed by atoms with E-state index in [0.29, 0.717) is 11.7 Å². The first-order valence-corrected chi connectivity index (χ1v) is 6.90. The summed E-state index contributed by atoms with van der Waals surface area (Å²) >= 11 is 0.486. The lowest BCUT2D eigenvalue weighted by Gasteiger charge is -2.27. The summed E-state index contributed by atoms with van der Waals surface area (Å²) in [7, 11) is 0. The zero-order valence-electron chi connectivity index (χ0n) is 20.9. The molecule has 0 aromatic carbocycles. The number of morpholine rings is 1. The number of β-amino-alcohol motifs (C(OH)–C–C–N with tert-alkyl or cyclic N) is 1. The number of nitrogens with zero attached hydrogens (tertiary/aromatic N) is 3. The van der Waals surface area contributed by atoms with Crippen LogP contribution in [0.15, 0.2) is 0 Å². The summed E-state index contributed by atoms with van der Waals surface area (Å²) in [5.74, 6) is -1.10. The van der Waals surface area contributed by atoms with E-state index >= 15 is 0 Å². The van der Waals surface area contributed by atoms with Gasteiger partial charge in [-0.15, -0.1) is 4.37 Å². The lowest BCUT2D eigenvalue weighted by molar-refractivity contribution is 0.0975. The van der Waals surface area contributed by atoms with Gasteiger partial charge in [0.1, 0.15) is 12.7 Å². The number of aromatic nitrogens is 2. The molecule has 1 aromatic heterocycles. The number of rotatable bonds is 6. The van der Waals surface area contributed by atoms with Crippen molar-refractivity contribution >= 4 is 17.5 Å². The highest BCUT2D eigenvalue weighted by atomic mass is 32.1. The Balaban J connectivity index is 2.34. The molecule has 120 valence electrons. The van der Waals surface area contributed by atoms with Crippen molar-refractivity contribution in [1.29, 1.82) is 0 Å². The molecule has 1 aliphatic heterocycles. The number of hydrogen-bond donors (Lipinski definition) is 2. The monoisotopic (exact) mass is 325 g/mol. The normalized spacial score (nSPS) is 35.2. The third kappa shape index (κ3) is 5.39. The topological polar surface area (TPSA) is 79.7 Å². The van der Waals surface area contributed by atoms with Crippen LogP contribution in [0.4, 0.5) is 5.82 Å². The van der Waals surface area contributed by atoms with E-state index in [0.717, 1.165) is 0 Å². The number of ether oxygens (including phenoxy) is 2. The van der Waals surface area contributed by atoms with E-state index in [1.54, 1.807) is 0 Å². The van der Waals surface area contributed by atoms with Gasteiger partial charge in [0.15, 0.2) is 0 Å². The summed E-state index contributed by atoms with van der Waals surface area (Å²) in [6.07, 6.45) is -2.12. The van der Waals surface area contributed by atoms with E-state index in [9.17, 15) is 5.11 Å². The predicted octanol–water partition coefficient (Wildman–Crippen LogP) is 0.502. The van der Waals surface area contributed by atoms with Gasteiger partial charge in [-0.25, -0.2) is 0 Å². The van der Waals surface area contributed by atoms with Crippen LogP contribution in [0.1, 0.15) is 33.1 Å². The number of aliphatic hydroxyl groups is 1. The maximum Gasteiger partial charge on any atom is 0.270 e. The van der Waals surface area contributed by atoms with Crippen molar-refractivity contribution in [1.82, 2.24) is 14.1 Å². The highest BCUT2D eigenvalue weighted by Crippen LogP contribution is 2.26. The van der Waals surface area contributed by atoms with Gasteiger partial charge >= 0.3 is 0 Å². The van der Waals surface area contributed by atoms with E-state index in [2.05, 4.69) is 18.8 Å². The van der Waals surface area contributed by atoms with Crippen LogP contribution in [0, 0.1) is 0 Å². The Morgan fingerprint density at radius 3 is 2.90 bits per heavy atom. The van der Waals surface area contributed by atoms with Gasteiger partial charge in [-0.05, 0) is 20.8 Å². The fourth-order valence-corrected chi connectivity index (χ4v) is 1.76. The predicted molar refractivity (Wildman–Crippen MR) is 82.2 cm³/mol. The molecule has 0 radical (unpaired) electrons. The van der Waals surface area contributed by atoms with Gasteiger partial charge in [-0.2, -0.15) is 4.37 Å². The molecule has 21 heavy (non-hydrogen) atoms. The number of hydrogen-bond acceptors (Lipinski definition) is 8. The summed E-state index contributed by atoms with van der Waals surface area (Å²) in [6, 6.07) is 0. The Morgan fingerprint density at radius 2 is 2.24 bits per heavy atom. The minimum atomic E-state index is -3.25. The third-order valence-corrected chi connectivity index (χ3v) is 2.77. The Bertz CT molecular complexity index is 743.